The SMILES string of the molecule is CCC/C(=C\c1ccc(O)cc1Cl)CC[C@H]1OC[C@H]2C1=C(CO[Si](c1ccccc1)(c1ccccc1)C(C)(C)C)C[C@H]1C(=O)N(c3cc(C(F)(F)F)cc(C(F)(F)F)c3)C(=O)[C@H]12. The Morgan fingerprint density at radius 3 is 1.97 bits per heavy atom. The van der Waals surface area contributed by atoms with E-state index in [-0.39, 0.29) is 31.5 Å². The van der Waals surface area contributed by atoms with Gasteiger partial charge in [0, 0.05) is 5.92 Å². The lowest BCUT2D eigenvalue weighted by atomic mass is 9.69. The smallest absolute Gasteiger partial charge is 0.416 e. The normalized spacial score (nSPS) is 21.1. The van der Waals surface area contributed by atoms with E-state index in [9.17, 15) is 41.0 Å². The summed E-state index contributed by atoms with van der Waals surface area (Å²) >= 11 is 6.48. The highest BCUT2D eigenvalue weighted by atomic mass is 35.5. The molecule has 2 amide bonds. The Kier molecular flexibility index (Phi) is 12.8. The van der Waals surface area contributed by atoms with Gasteiger partial charge in [0.15, 0.2) is 0 Å². The van der Waals surface area contributed by atoms with E-state index in [1.54, 1.807) is 12.1 Å². The van der Waals surface area contributed by atoms with Crippen LogP contribution in [-0.4, -0.2) is 44.6 Å². The molecular weight excluding hydrogens is 848 g/mol. The average molecular weight is 896 g/mol. The maximum Gasteiger partial charge on any atom is 0.416 e. The first-order valence-electron chi connectivity index (χ1n) is 20.7. The topological polar surface area (TPSA) is 76.1 Å². The van der Waals surface area contributed by atoms with E-state index in [0.717, 1.165) is 45.5 Å². The van der Waals surface area contributed by atoms with Crippen molar-refractivity contribution in [1.82, 2.24) is 0 Å². The molecule has 0 unspecified atom stereocenters. The van der Waals surface area contributed by atoms with Crippen molar-refractivity contribution in [3.05, 3.63) is 135 Å². The Labute approximate surface area is 363 Å². The first kappa shape index (κ1) is 45.3. The van der Waals surface area contributed by atoms with E-state index in [4.69, 9.17) is 20.8 Å². The van der Waals surface area contributed by atoms with Gasteiger partial charge in [0.2, 0.25) is 11.8 Å². The van der Waals surface area contributed by atoms with Crippen LogP contribution in [0.3, 0.4) is 0 Å². The van der Waals surface area contributed by atoms with E-state index in [1.807, 2.05) is 66.7 Å². The van der Waals surface area contributed by atoms with Gasteiger partial charge in [-0.15, -0.1) is 0 Å². The van der Waals surface area contributed by atoms with E-state index in [2.05, 4.69) is 27.7 Å². The fourth-order valence-electron chi connectivity index (χ4n) is 9.64. The van der Waals surface area contributed by atoms with E-state index < -0.39 is 78.2 Å². The number of alkyl halides is 6. The van der Waals surface area contributed by atoms with Crippen molar-refractivity contribution in [3.8, 4) is 5.75 Å². The van der Waals surface area contributed by atoms with Gasteiger partial charge >= 0.3 is 12.4 Å². The van der Waals surface area contributed by atoms with Gasteiger partial charge in [-0.1, -0.05) is 118 Å². The highest BCUT2D eigenvalue weighted by Gasteiger charge is 2.58. The van der Waals surface area contributed by atoms with Crippen LogP contribution in [0.1, 0.15) is 76.5 Å². The van der Waals surface area contributed by atoms with E-state index >= 15 is 0 Å². The molecule has 4 aromatic carbocycles. The number of aromatic hydroxyl groups is 1. The second kappa shape index (κ2) is 17.5. The van der Waals surface area contributed by atoms with Crippen LogP contribution >= 0.6 is 11.6 Å². The summed E-state index contributed by atoms with van der Waals surface area (Å²) in [5, 5.41) is 11.9. The number of hydrogen-bond acceptors (Lipinski definition) is 5. The molecule has 1 aliphatic carbocycles. The third kappa shape index (κ3) is 8.78. The Balaban J connectivity index is 1.31. The maximum atomic E-state index is 14.5. The number of halogens is 7. The summed E-state index contributed by atoms with van der Waals surface area (Å²) in [6.45, 7) is 8.50. The number of benzene rings is 4. The second-order valence-corrected chi connectivity index (χ2v) is 22.1. The van der Waals surface area contributed by atoms with Gasteiger partial charge in [-0.2, -0.15) is 26.3 Å². The first-order chi connectivity index (χ1) is 29.2. The summed E-state index contributed by atoms with van der Waals surface area (Å²) in [6, 6.07) is 25.5. The number of rotatable bonds is 12. The Morgan fingerprint density at radius 1 is 0.839 bits per heavy atom. The summed E-state index contributed by atoms with van der Waals surface area (Å²) in [7, 11) is -3.17. The molecule has 2 heterocycles. The maximum absolute atomic E-state index is 14.5. The third-order valence-corrected chi connectivity index (χ3v) is 17.7. The minimum absolute atomic E-state index is 0.00149. The zero-order valence-corrected chi connectivity index (χ0v) is 36.5. The van der Waals surface area contributed by atoms with Crippen molar-refractivity contribution in [2.24, 2.45) is 17.8 Å². The minimum atomic E-state index is -5.18. The Bertz CT molecular complexity index is 2310. The molecule has 3 aliphatic rings. The summed E-state index contributed by atoms with van der Waals surface area (Å²) in [5.41, 5.74) is -0.705. The number of carbonyl (C=O) groups excluding carboxylic acids is 2. The molecule has 0 spiro atoms. The number of imide groups is 1. The zero-order chi connectivity index (χ0) is 44.8. The molecule has 6 nitrogen and oxygen atoms in total. The standard InChI is InChI=1S/C48H48ClF6NO5Si/c1-5-12-29(21-30-18-19-35(57)26-40(30)49)17-20-41-42-31(27-61-62(46(2,3)4,36-13-8-6-9-14-36)37-15-10-7-11-16-37)22-38-43(39(42)28-60-41)45(59)56(44(38)58)34-24-32(47(50,51)52)23-33(25-34)48(53,54)55/h6-11,13-16,18-19,21,23-26,38-39,41,43,57H,5,12,17,20,22,27-28H2,1-4H3/b29-21+/t38-,39+,41-,43-/m1/s1. The number of anilines is 1. The molecule has 0 saturated carbocycles. The van der Waals surface area contributed by atoms with Gasteiger partial charge in [0.1, 0.15) is 5.75 Å². The van der Waals surface area contributed by atoms with Crippen molar-refractivity contribution in [3.63, 3.8) is 0 Å². The van der Waals surface area contributed by atoms with Crippen LogP contribution in [0.15, 0.2) is 114 Å². The number of phenols is 1. The summed E-state index contributed by atoms with van der Waals surface area (Å²) in [5.74, 6) is -4.53. The Morgan fingerprint density at radius 2 is 1.44 bits per heavy atom. The predicted octanol–water partition coefficient (Wildman–Crippen LogP) is 11.1. The number of ether oxygens (including phenoxy) is 1. The van der Waals surface area contributed by atoms with Crippen molar-refractivity contribution in [2.75, 3.05) is 18.1 Å². The van der Waals surface area contributed by atoms with Gasteiger partial charge in [0.25, 0.3) is 8.32 Å². The van der Waals surface area contributed by atoms with E-state index in [0.29, 0.717) is 34.9 Å². The van der Waals surface area contributed by atoms with Gasteiger partial charge in [-0.05, 0) is 94.2 Å². The van der Waals surface area contributed by atoms with Gasteiger partial charge in [-0.3, -0.25) is 9.59 Å². The Hall–Kier alpha value is -4.69. The molecule has 0 bridgehead atoms. The fourth-order valence-corrected chi connectivity index (χ4v) is 14.4. The molecule has 1 N–H and O–H groups in total. The summed E-state index contributed by atoms with van der Waals surface area (Å²) in [6.07, 6.45) is -6.30. The zero-order valence-electron chi connectivity index (χ0n) is 34.7. The second-order valence-electron chi connectivity index (χ2n) is 17.3. The van der Waals surface area contributed by atoms with Crippen LogP contribution in [0.5, 0.6) is 5.75 Å². The number of allylic oxidation sites excluding steroid dienone is 1. The van der Waals surface area contributed by atoms with Crippen molar-refractivity contribution in [2.45, 2.75) is 83.3 Å². The first-order valence-corrected chi connectivity index (χ1v) is 23.0. The number of fused-ring (bicyclic) bond motifs is 3. The molecular formula is C48H48ClF6NO5Si. The largest absolute Gasteiger partial charge is 0.508 e. The molecule has 2 fully saturated rings. The van der Waals surface area contributed by atoms with Crippen molar-refractivity contribution >= 4 is 53.9 Å². The number of hydrogen-bond donors (Lipinski definition) is 1. The van der Waals surface area contributed by atoms with Crippen LogP contribution in [-0.2, 0) is 31.1 Å². The summed E-state index contributed by atoms with van der Waals surface area (Å²) in [4.78, 5) is 29.4. The quantitative estimate of drug-likeness (QED) is 0.0664. The molecule has 0 radical (unpaired) electrons. The van der Waals surface area contributed by atoms with Crippen LogP contribution in [0.25, 0.3) is 6.08 Å². The third-order valence-electron chi connectivity index (χ3n) is 12.4. The van der Waals surface area contributed by atoms with Gasteiger partial charge in [0.05, 0.1) is 53.0 Å². The lowest BCUT2D eigenvalue weighted by molar-refractivity contribution is -0.143. The van der Waals surface area contributed by atoms with Crippen molar-refractivity contribution < 1.29 is 50.2 Å². The van der Waals surface area contributed by atoms with Crippen LogP contribution in [0.4, 0.5) is 32.0 Å². The molecule has 2 aliphatic heterocycles. The van der Waals surface area contributed by atoms with Crippen LogP contribution in [0.2, 0.25) is 10.1 Å². The molecule has 328 valence electrons. The molecule has 2 saturated heterocycles. The van der Waals surface area contributed by atoms with Crippen LogP contribution in [0, 0.1) is 17.8 Å². The van der Waals surface area contributed by atoms with Crippen LogP contribution < -0.4 is 15.3 Å². The van der Waals surface area contributed by atoms with Crippen molar-refractivity contribution in [1.29, 1.82) is 0 Å². The summed E-state index contributed by atoms with van der Waals surface area (Å²) < 4.78 is 98.0. The molecule has 14 heteroatoms. The monoisotopic (exact) mass is 895 g/mol. The molecule has 7 rings (SSSR count). The minimum Gasteiger partial charge on any atom is -0.508 e. The average Bonchev–Trinajstić information content (AvgIpc) is 3.75. The fraction of sp³-hybridized carbons (Fsp3) is 0.375. The molecule has 0 aromatic heterocycles. The number of carbonyl (C=O) groups is 2. The highest BCUT2D eigenvalue weighted by molar-refractivity contribution is 6.99. The number of nitrogens with zero attached hydrogens (tertiary/aromatic N) is 1. The molecule has 4 aromatic rings. The lowest BCUT2D eigenvalue weighted by Crippen LogP contribution is -2.66. The van der Waals surface area contributed by atoms with Gasteiger partial charge < -0.3 is 14.3 Å². The highest BCUT2D eigenvalue weighted by Crippen LogP contribution is 2.52. The predicted molar refractivity (Wildman–Crippen MR) is 230 cm³/mol. The number of amides is 2. The van der Waals surface area contributed by atoms with E-state index in [1.165, 1.54) is 6.07 Å². The lowest BCUT2D eigenvalue weighted by Gasteiger charge is -2.44. The van der Waals surface area contributed by atoms with Gasteiger partial charge in [-0.25, -0.2) is 4.90 Å². The number of phenolic OH excluding ortho intramolecular Hbond substituents is 1. The molecule has 4 atom stereocenters. The molecule has 62 heavy (non-hydrogen) atoms.